The van der Waals surface area contributed by atoms with Gasteiger partial charge in [0.25, 0.3) is 0 Å². The maximum atomic E-state index is 12.1. The fourth-order valence-electron chi connectivity index (χ4n) is 2.84. The first-order valence-corrected chi connectivity index (χ1v) is 8.07. The van der Waals surface area contributed by atoms with Crippen molar-refractivity contribution in [1.29, 1.82) is 0 Å². The SMILES string of the molecule is Cc1nccn1[C@H](C)C(=O)NCCCOC1CCCCC1. The summed E-state index contributed by atoms with van der Waals surface area (Å²) in [4.78, 5) is 16.2. The molecule has 21 heavy (non-hydrogen) atoms. The van der Waals surface area contributed by atoms with E-state index < -0.39 is 0 Å². The number of carbonyl (C=O) groups is 1. The molecule has 5 heteroatoms. The van der Waals surface area contributed by atoms with Gasteiger partial charge >= 0.3 is 0 Å². The molecule has 0 aliphatic heterocycles. The third kappa shape index (κ3) is 4.84. The predicted molar refractivity (Wildman–Crippen MR) is 82.1 cm³/mol. The summed E-state index contributed by atoms with van der Waals surface area (Å²) in [5.41, 5.74) is 0. The molecule has 1 fully saturated rings. The molecule has 118 valence electrons. The number of hydrogen-bond acceptors (Lipinski definition) is 3. The number of hydrogen-bond donors (Lipinski definition) is 1. The van der Waals surface area contributed by atoms with Crippen molar-refractivity contribution in [3.05, 3.63) is 18.2 Å². The lowest BCUT2D eigenvalue weighted by Gasteiger charge is -2.22. The van der Waals surface area contributed by atoms with Crippen LogP contribution < -0.4 is 5.32 Å². The van der Waals surface area contributed by atoms with Gasteiger partial charge in [0.1, 0.15) is 11.9 Å². The van der Waals surface area contributed by atoms with Crippen LogP contribution in [0.2, 0.25) is 0 Å². The van der Waals surface area contributed by atoms with Crippen molar-refractivity contribution < 1.29 is 9.53 Å². The Labute approximate surface area is 127 Å². The van der Waals surface area contributed by atoms with Gasteiger partial charge in [-0.3, -0.25) is 4.79 Å². The van der Waals surface area contributed by atoms with Gasteiger partial charge in [-0.05, 0) is 33.1 Å². The first-order valence-electron chi connectivity index (χ1n) is 8.07. The summed E-state index contributed by atoms with van der Waals surface area (Å²) in [6.07, 6.45) is 11.2. The Hall–Kier alpha value is -1.36. The van der Waals surface area contributed by atoms with E-state index in [-0.39, 0.29) is 11.9 Å². The minimum atomic E-state index is -0.216. The van der Waals surface area contributed by atoms with Crippen LogP contribution in [0.3, 0.4) is 0 Å². The molecule has 0 aromatic carbocycles. The quantitative estimate of drug-likeness (QED) is 0.786. The first kappa shape index (κ1) is 16.0. The number of carbonyl (C=O) groups excluding carboxylic acids is 1. The van der Waals surface area contributed by atoms with Crippen molar-refractivity contribution >= 4 is 5.91 Å². The van der Waals surface area contributed by atoms with Gasteiger partial charge in [-0.2, -0.15) is 0 Å². The summed E-state index contributed by atoms with van der Waals surface area (Å²) in [6, 6.07) is -0.216. The maximum Gasteiger partial charge on any atom is 0.242 e. The van der Waals surface area contributed by atoms with E-state index in [1.165, 1.54) is 32.1 Å². The highest BCUT2D eigenvalue weighted by molar-refractivity contribution is 5.79. The van der Waals surface area contributed by atoms with Gasteiger partial charge in [-0.25, -0.2) is 4.98 Å². The predicted octanol–water partition coefficient (Wildman–Crippen LogP) is 2.61. The topological polar surface area (TPSA) is 56.2 Å². The van der Waals surface area contributed by atoms with Crippen LogP contribution in [0.5, 0.6) is 0 Å². The first-order chi connectivity index (χ1) is 10.2. The van der Waals surface area contributed by atoms with E-state index in [0.717, 1.165) is 18.9 Å². The van der Waals surface area contributed by atoms with Crippen LogP contribution in [-0.2, 0) is 9.53 Å². The minimum Gasteiger partial charge on any atom is -0.378 e. The lowest BCUT2D eigenvalue weighted by molar-refractivity contribution is -0.123. The highest BCUT2D eigenvalue weighted by Crippen LogP contribution is 2.20. The van der Waals surface area contributed by atoms with Crippen molar-refractivity contribution in [2.45, 2.75) is 64.5 Å². The molecular formula is C16H27N3O2. The fraction of sp³-hybridized carbons (Fsp3) is 0.750. The molecule has 1 heterocycles. The minimum absolute atomic E-state index is 0.0359. The van der Waals surface area contributed by atoms with Gasteiger partial charge in [0, 0.05) is 25.5 Å². The summed E-state index contributed by atoms with van der Waals surface area (Å²) in [5, 5.41) is 2.97. The molecule has 2 rings (SSSR count). The van der Waals surface area contributed by atoms with Crippen molar-refractivity contribution in [2.24, 2.45) is 0 Å². The van der Waals surface area contributed by atoms with E-state index in [9.17, 15) is 4.79 Å². The molecule has 1 N–H and O–H groups in total. The lowest BCUT2D eigenvalue weighted by atomic mass is 9.98. The Morgan fingerprint density at radius 3 is 2.90 bits per heavy atom. The van der Waals surface area contributed by atoms with E-state index in [4.69, 9.17) is 4.74 Å². The highest BCUT2D eigenvalue weighted by atomic mass is 16.5. The largest absolute Gasteiger partial charge is 0.378 e. The van der Waals surface area contributed by atoms with Crippen molar-refractivity contribution in [3.63, 3.8) is 0 Å². The standard InChI is InChI=1S/C16H27N3O2/c1-13(19-11-10-17-14(19)2)16(20)18-9-6-12-21-15-7-4-3-5-8-15/h10-11,13,15H,3-9,12H2,1-2H3,(H,18,20)/t13-/m1/s1. The molecule has 1 atom stereocenters. The molecule has 1 aromatic heterocycles. The van der Waals surface area contributed by atoms with Crippen LogP contribution in [0.4, 0.5) is 0 Å². The second kappa shape index (κ2) is 8.17. The van der Waals surface area contributed by atoms with Crippen LogP contribution in [0, 0.1) is 6.92 Å². The Morgan fingerprint density at radius 1 is 1.48 bits per heavy atom. The number of ether oxygens (including phenoxy) is 1. The zero-order valence-electron chi connectivity index (χ0n) is 13.2. The summed E-state index contributed by atoms with van der Waals surface area (Å²) in [7, 11) is 0. The zero-order chi connectivity index (χ0) is 15.1. The Morgan fingerprint density at radius 2 is 2.24 bits per heavy atom. The van der Waals surface area contributed by atoms with Gasteiger partial charge in [0.2, 0.25) is 5.91 Å². The highest BCUT2D eigenvalue weighted by Gasteiger charge is 2.16. The molecule has 0 saturated heterocycles. The van der Waals surface area contributed by atoms with Crippen LogP contribution in [-0.4, -0.2) is 34.7 Å². The Balaban J connectivity index is 1.59. The normalized spacial score (nSPS) is 17.6. The third-order valence-electron chi connectivity index (χ3n) is 4.19. The number of amides is 1. The van der Waals surface area contributed by atoms with E-state index in [1.54, 1.807) is 6.20 Å². The number of nitrogens with zero attached hydrogens (tertiary/aromatic N) is 2. The summed E-state index contributed by atoms with van der Waals surface area (Å²) >= 11 is 0. The molecule has 0 radical (unpaired) electrons. The van der Waals surface area contributed by atoms with Crippen molar-refractivity contribution in [3.8, 4) is 0 Å². The van der Waals surface area contributed by atoms with E-state index in [0.29, 0.717) is 12.6 Å². The molecular weight excluding hydrogens is 266 g/mol. The smallest absolute Gasteiger partial charge is 0.242 e. The molecule has 1 aliphatic carbocycles. The molecule has 1 saturated carbocycles. The van der Waals surface area contributed by atoms with Gasteiger partial charge < -0.3 is 14.6 Å². The van der Waals surface area contributed by atoms with Crippen LogP contribution in [0.25, 0.3) is 0 Å². The molecule has 0 bridgehead atoms. The summed E-state index contributed by atoms with van der Waals surface area (Å²) in [5.74, 6) is 0.895. The number of imidazole rings is 1. The second-order valence-corrected chi connectivity index (χ2v) is 5.83. The van der Waals surface area contributed by atoms with E-state index in [1.807, 2.05) is 24.6 Å². The zero-order valence-corrected chi connectivity index (χ0v) is 13.2. The van der Waals surface area contributed by atoms with Crippen molar-refractivity contribution in [1.82, 2.24) is 14.9 Å². The van der Waals surface area contributed by atoms with Crippen LogP contribution in [0.15, 0.2) is 12.4 Å². The molecule has 1 aliphatic rings. The Bertz CT molecular complexity index is 438. The molecule has 1 aromatic rings. The molecule has 0 unspecified atom stereocenters. The van der Waals surface area contributed by atoms with Crippen molar-refractivity contribution in [2.75, 3.05) is 13.2 Å². The van der Waals surface area contributed by atoms with Gasteiger partial charge in [-0.1, -0.05) is 19.3 Å². The van der Waals surface area contributed by atoms with Crippen LogP contribution >= 0.6 is 0 Å². The summed E-state index contributed by atoms with van der Waals surface area (Å²) < 4.78 is 7.73. The fourth-order valence-corrected chi connectivity index (χ4v) is 2.84. The number of rotatable bonds is 7. The third-order valence-corrected chi connectivity index (χ3v) is 4.19. The van der Waals surface area contributed by atoms with Gasteiger partial charge in [0.05, 0.1) is 6.10 Å². The lowest BCUT2D eigenvalue weighted by Crippen LogP contribution is -2.32. The summed E-state index contributed by atoms with van der Waals surface area (Å²) in [6.45, 7) is 5.21. The monoisotopic (exact) mass is 293 g/mol. The Kier molecular flexibility index (Phi) is 6.23. The average Bonchev–Trinajstić information content (AvgIpc) is 2.93. The number of nitrogens with one attached hydrogen (secondary N) is 1. The average molecular weight is 293 g/mol. The van der Waals surface area contributed by atoms with Crippen LogP contribution in [0.1, 0.15) is 57.3 Å². The number of aryl methyl sites for hydroxylation is 1. The second-order valence-electron chi connectivity index (χ2n) is 5.83. The molecule has 1 amide bonds. The van der Waals surface area contributed by atoms with E-state index in [2.05, 4.69) is 10.3 Å². The van der Waals surface area contributed by atoms with E-state index >= 15 is 0 Å². The number of aromatic nitrogens is 2. The molecule has 0 spiro atoms. The molecule has 5 nitrogen and oxygen atoms in total. The van der Waals surface area contributed by atoms with Gasteiger partial charge in [-0.15, -0.1) is 0 Å². The maximum absolute atomic E-state index is 12.1. The van der Waals surface area contributed by atoms with Gasteiger partial charge in [0.15, 0.2) is 0 Å².